The molecule has 1 aromatic carbocycles. The van der Waals surface area contributed by atoms with Crippen LogP contribution in [0.15, 0.2) is 29.3 Å². The van der Waals surface area contributed by atoms with Crippen molar-refractivity contribution in [1.82, 2.24) is 4.90 Å². The molecular weight excluding hydrogens is 296 g/mol. The van der Waals surface area contributed by atoms with Crippen LogP contribution in [0, 0.1) is 5.92 Å². The van der Waals surface area contributed by atoms with Crippen LogP contribution >= 0.6 is 0 Å². The number of nitrogens with zero attached hydrogens (tertiary/aromatic N) is 2. The molecule has 1 aromatic rings. The standard InChI is InChI=1S/C21H28N2O/c1-3-7-16-9-10-17-11-12-18(21(24)23-13-5-6-14-23)15-20(17)22-19(16)8-4-2/h9-12,15-16H,3-8,13-14H2,1-2H3. The molecule has 0 radical (unpaired) electrons. The second kappa shape index (κ2) is 7.78. The fourth-order valence-electron chi connectivity index (χ4n) is 3.66. The Morgan fingerprint density at radius 3 is 2.71 bits per heavy atom. The van der Waals surface area contributed by atoms with Crippen LogP contribution in [-0.4, -0.2) is 29.6 Å². The van der Waals surface area contributed by atoms with Gasteiger partial charge in [0.05, 0.1) is 5.69 Å². The highest BCUT2D eigenvalue weighted by Crippen LogP contribution is 2.30. The molecule has 0 bridgehead atoms. The molecule has 3 rings (SSSR count). The lowest BCUT2D eigenvalue weighted by atomic mass is 9.94. The van der Waals surface area contributed by atoms with E-state index >= 15 is 0 Å². The summed E-state index contributed by atoms with van der Waals surface area (Å²) in [6, 6.07) is 6.00. The maximum absolute atomic E-state index is 12.7. The van der Waals surface area contributed by atoms with Crippen molar-refractivity contribution in [2.45, 2.75) is 52.4 Å². The van der Waals surface area contributed by atoms with E-state index in [2.05, 4.69) is 32.1 Å². The van der Waals surface area contributed by atoms with E-state index in [1.54, 1.807) is 0 Å². The third kappa shape index (κ3) is 3.61. The average Bonchev–Trinajstić information content (AvgIpc) is 3.07. The van der Waals surface area contributed by atoms with E-state index in [0.717, 1.165) is 68.4 Å². The maximum Gasteiger partial charge on any atom is 0.253 e. The Hall–Kier alpha value is -1.90. The smallest absolute Gasteiger partial charge is 0.253 e. The molecule has 1 saturated heterocycles. The van der Waals surface area contributed by atoms with Crippen LogP contribution in [0.5, 0.6) is 0 Å². The van der Waals surface area contributed by atoms with E-state index in [4.69, 9.17) is 4.99 Å². The molecule has 128 valence electrons. The zero-order valence-corrected chi connectivity index (χ0v) is 14.9. The average molecular weight is 324 g/mol. The van der Waals surface area contributed by atoms with Crippen molar-refractivity contribution >= 4 is 23.4 Å². The van der Waals surface area contributed by atoms with Gasteiger partial charge in [-0.1, -0.05) is 44.9 Å². The van der Waals surface area contributed by atoms with Gasteiger partial charge in [0.15, 0.2) is 0 Å². The maximum atomic E-state index is 12.7. The first-order valence-corrected chi connectivity index (χ1v) is 9.42. The zero-order chi connectivity index (χ0) is 16.9. The Balaban J connectivity index is 1.92. The summed E-state index contributed by atoms with van der Waals surface area (Å²) in [5.41, 5.74) is 4.12. The number of hydrogen-bond acceptors (Lipinski definition) is 2. The number of amides is 1. The van der Waals surface area contributed by atoms with Gasteiger partial charge in [-0.15, -0.1) is 0 Å². The largest absolute Gasteiger partial charge is 0.339 e. The number of aliphatic imine (C=N–C) groups is 1. The molecule has 1 fully saturated rings. The number of rotatable bonds is 5. The molecule has 2 heterocycles. The number of carbonyl (C=O) groups is 1. The fourth-order valence-corrected chi connectivity index (χ4v) is 3.66. The normalized spacial score (nSPS) is 19.8. The molecule has 2 aliphatic heterocycles. The van der Waals surface area contributed by atoms with Crippen molar-refractivity contribution in [3.8, 4) is 0 Å². The van der Waals surface area contributed by atoms with Crippen molar-refractivity contribution < 1.29 is 4.79 Å². The number of benzene rings is 1. The summed E-state index contributed by atoms with van der Waals surface area (Å²) in [6.07, 6.45) is 11.2. The molecule has 0 aliphatic carbocycles. The van der Waals surface area contributed by atoms with E-state index in [1.807, 2.05) is 17.0 Å². The molecule has 0 saturated carbocycles. The van der Waals surface area contributed by atoms with Gasteiger partial charge < -0.3 is 4.90 Å². The summed E-state index contributed by atoms with van der Waals surface area (Å²) in [7, 11) is 0. The van der Waals surface area contributed by atoms with Crippen molar-refractivity contribution in [3.63, 3.8) is 0 Å². The van der Waals surface area contributed by atoms with Gasteiger partial charge >= 0.3 is 0 Å². The second-order valence-electron chi connectivity index (χ2n) is 6.88. The van der Waals surface area contributed by atoms with Crippen LogP contribution in [0.4, 0.5) is 5.69 Å². The predicted molar refractivity (Wildman–Crippen MR) is 101 cm³/mol. The molecule has 1 atom stereocenters. The number of allylic oxidation sites excluding steroid dienone is 1. The van der Waals surface area contributed by atoms with E-state index < -0.39 is 0 Å². The Labute approximate surface area is 145 Å². The topological polar surface area (TPSA) is 32.7 Å². The van der Waals surface area contributed by atoms with Gasteiger partial charge in [-0.3, -0.25) is 9.79 Å². The Bertz CT molecular complexity index is 654. The molecule has 3 nitrogen and oxygen atoms in total. The number of fused-ring (bicyclic) bond motifs is 1. The third-order valence-corrected chi connectivity index (χ3v) is 4.98. The van der Waals surface area contributed by atoms with E-state index in [1.165, 1.54) is 5.71 Å². The second-order valence-corrected chi connectivity index (χ2v) is 6.88. The van der Waals surface area contributed by atoms with E-state index in [0.29, 0.717) is 5.92 Å². The summed E-state index contributed by atoms with van der Waals surface area (Å²) in [6.45, 7) is 6.20. The first kappa shape index (κ1) is 16.9. The molecule has 24 heavy (non-hydrogen) atoms. The molecule has 3 heteroatoms. The summed E-state index contributed by atoms with van der Waals surface area (Å²) >= 11 is 0. The van der Waals surface area contributed by atoms with Gasteiger partial charge in [-0.05, 0) is 43.4 Å². The molecule has 1 unspecified atom stereocenters. The molecule has 0 aromatic heterocycles. The minimum Gasteiger partial charge on any atom is -0.339 e. The third-order valence-electron chi connectivity index (χ3n) is 4.98. The summed E-state index contributed by atoms with van der Waals surface area (Å²) in [5, 5.41) is 0. The quantitative estimate of drug-likeness (QED) is 0.729. The SMILES string of the molecule is CCCC1=Nc2cc(C(=O)N3CCCC3)ccc2C=CC1CCC. The van der Waals surface area contributed by atoms with Gasteiger partial charge in [0.1, 0.15) is 0 Å². The van der Waals surface area contributed by atoms with Crippen molar-refractivity contribution in [2.24, 2.45) is 10.9 Å². The molecule has 0 N–H and O–H groups in total. The fraction of sp³-hybridized carbons (Fsp3) is 0.524. The summed E-state index contributed by atoms with van der Waals surface area (Å²) < 4.78 is 0. The van der Waals surface area contributed by atoms with Crippen LogP contribution < -0.4 is 0 Å². The lowest BCUT2D eigenvalue weighted by Gasteiger charge is -2.16. The van der Waals surface area contributed by atoms with Crippen LogP contribution in [0.3, 0.4) is 0 Å². The number of hydrogen-bond donors (Lipinski definition) is 0. The Kier molecular flexibility index (Phi) is 5.49. The molecular formula is C21H28N2O. The lowest BCUT2D eigenvalue weighted by Crippen LogP contribution is -2.27. The minimum absolute atomic E-state index is 0.154. The van der Waals surface area contributed by atoms with Gasteiger partial charge in [-0.2, -0.15) is 0 Å². The Morgan fingerprint density at radius 2 is 2.00 bits per heavy atom. The molecule has 0 spiro atoms. The van der Waals surface area contributed by atoms with Gasteiger partial charge in [0, 0.05) is 30.3 Å². The highest BCUT2D eigenvalue weighted by atomic mass is 16.2. The molecule has 1 amide bonds. The van der Waals surface area contributed by atoms with E-state index in [-0.39, 0.29) is 5.91 Å². The summed E-state index contributed by atoms with van der Waals surface area (Å²) in [4.78, 5) is 19.6. The van der Waals surface area contributed by atoms with Crippen molar-refractivity contribution in [1.29, 1.82) is 0 Å². The van der Waals surface area contributed by atoms with Gasteiger partial charge in [0.2, 0.25) is 0 Å². The zero-order valence-electron chi connectivity index (χ0n) is 14.9. The highest BCUT2D eigenvalue weighted by Gasteiger charge is 2.21. The van der Waals surface area contributed by atoms with Crippen molar-refractivity contribution in [3.05, 3.63) is 35.4 Å². The predicted octanol–water partition coefficient (Wildman–Crippen LogP) is 5.24. The van der Waals surface area contributed by atoms with Crippen LogP contribution in [-0.2, 0) is 0 Å². The van der Waals surface area contributed by atoms with Gasteiger partial charge in [-0.25, -0.2) is 0 Å². The highest BCUT2D eigenvalue weighted by molar-refractivity contribution is 5.98. The van der Waals surface area contributed by atoms with Crippen LogP contribution in [0.2, 0.25) is 0 Å². The van der Waals surface area contributed by atoms with Crippen LogP contribution in [0.25, 0.3) is 6.08 Å². The monoisotopic (exact) mass is 324 g/mol. The van der Waals surface area contributed by atoms with Crippen molar-refractivity contribution in [2.75, 3.05) is 13.1 Å². The Morgan fingerprint density at radius 1 is 1.21 bits per heavy atom. The minimum atomic E-state index is 0.154. The summed E-state index contributed by atoms with van der Waals surface area (Å²) in [5.74, 6) is 0.584. The molecule has 2 aliphatic rings. The van der Waals surface area contributed by atoms with Crippen LogP contribution in [0.1, 0.15) is 68.3 Å². The van der Waals surface area contributed by atoms with Gasteiger partial charge in [0.25, 0.3) is 5.91 Å². The number of carbonyl (C=O) groups excluding carboxylic acids is 1. The number of likely N-dealkylation sites (tertiary alicyclic amines) is 1. The lowest BCUT2D eigenvalue weighted by molar-refractivity contribution is 0.0793. The first-order valence-electron chi connectivity index (χ1n) is 9.42. The first-order chi connectivity index (χ1) is 11.7. The van der Waals surface area contributed by atoms with E-state index in [9.17, 15) is 4.79 Å².